The van der Waals surface area contributed by atoms with Crippen molar-refractivity contribution in [2.45, 2.75) is 25.8 Å². The Hall–Kier alpha value is -3.20. The van der Waals surface area contributed by atoms with Crippen molar-refractivity contribution >= 4 is 44.8 Å². The average Bonchev–Trinajstić information content (AvgIpc) is 3.27. The highest BCUT2D eigenvalue weighted by Gasteiger charge is 2.19. The molecule has 0 unspecified atom stereocenters. The normalized spacial score (nSPS) is 13.9. The van der Waals surface area contributed by atoms with Crippen LogP contribution in [0.15, 0.2) is 65.3 Å². The minimum atomic E-state index is -0.464. The van der Waals surface area contributed by atoms with Crippen LogP contribution in [-0.2, 0) is 4.74 Å². The summed E-state index contributed by atoms with van der Waals surface area (Å²) in [6, 6.07) is 17.8. The Kier molecular flexibility index (Phi) is 7.60. The maximum absolute atomic E-state index is 14.4. The lowest BCUT2D eigenvalue weighted by molar-refractivity contribution is 0.0904. The van der Waals surface area contributed by atoms with Crippen LogP contribution in [0.4, 0.5) is 15.8 Å². The molecule has 9 heteroatoms. The van der Waals surface area contributed by atoms with Gasteiger partial charge in [-0.2, -0.15) is 0 Å². The van der Waals surface area contributed by atoms with Crippen molar-refractivity contribution in [3.8, 4) is 22.6 Å². The molecule has 0 saturated carbocycles. The summed E-state index contributed by atoms with van der Waals surface area (Å²) >= 11 is 9.67. The SMILES string of the molecule is Cc1ccc(NC(=O)c2ccc(-c3nc(-c4c(F)cccc4Cl)[nH]c3Br)cc2)c(NC2CCOCC2)c1. The number of H-pyrrole nitrogens is 1. The van der Waals surface area contributed by atoms with E-state index in [0.717, 1.165) is 48.6 Å². The van der Waals surface area contributed by atoms with Crippen LogP contribution < -0.4 is 10.6 Å². The minimum Gasteiger partial charge on any atom is -0.381 e. The minimum absolute atomic E-state index is 0.204. The van der Waals surface area contributed by atoms with E-state index in [1.54, 1.807) is 36.4 Å². The molecule has 1 amide bonds. The van der Waals surface area contributed by atoms with Crippen LogP contribution in [0.3, 0.4) is 0 Å². The van der Waals surface area contributed by atoms with Gasteiger partial charge in [-0.3, -0.25) is 4.79 Å². The Balaban J connectivity index is 1.34. The van der Waals surface area contributed by atoms with Crippen molar-refractivity contribution in [3.05, 3.63) is 87.2 Å². The lowest BCUT2D eigenvalue weighted by atomic mass is 10.1. The summed E-state index contributed by atoms with van der Waals surface area (Å²) in [5, 5.41) is 6.86. The number of carbonyl (C=O) groups excluding carboxylic acids is 1. The number of halogens is 3. The second-order valence-corrected chi connectivity index (χ2v) is 10.2. The Morgan fingerprint density at radius 2 is 1.86 bits per heavy atom. The predicted octanol–water partition coefficient (Wildman–Crippen LogP) is 7.45. The van der Waals surface area contributed by atoms with E-state index in [-0.39, 0.29) is 16.5 Å². The molecule has 4 aromatic rings. The predicted molar refractivity (Wildman–Crippen MR) is 149 cm³/mol. The molecule has 1 fully saturated rings. The highest BCUT2D eigenvalue weighted by molar-refractivity contribution is 9.10. The van der Waals surface area contributed by atoms with Gasteiger partial charge in [-0.1, -0.05) is 35.9 Å². The van der Waals surface area contributed by atoms with Crippen LogP contribution in [-0.4, -0.2) is 35.1 Å². The van der Waals surface area contributed by atoms with E-state index in [4.69, 9.17) is 16.3 Å². The van der Waals surface area contributed by atoms with Gasteiger partial charge in [0.1, 0.15) is 21.9 Å². The van der Waals surface area contributed by atoms with Gasteiger partial charge in [0.15, 0.2) is 0 Å². The zero-order valence-electron chi connectivity index (χ0n) is 20.1. The third kappa shape index (κ3) is 5.71. The molecule has 3 aromatic carbocycles. The number of carbonyl (C=O) groups is 1. The Morgan fingerprint density at radius 3 is 2.59 bits per heavy atom. The van der Waals surface area contributed by atoms with Gasteiger partial charge in [0, 0.05) is 30.4 Å². The lowest BCUT2D eigenvalue weighted by Crippen LogP contribution is -2.28. The van der Waals surface area contributed by atoms with E-state index in [1.807, 2.05) is 25.1 Å². The molecule has 5 rings (SSSR count). The number of anilines is 2. The zero-order valence-corrected chi connectivity index (χ0v) is 22.4. The topological polar surface area (TPSA) is 79.0 Å². The summed E-state index contributed by atoms with van der Waals surface area (Å²) in [6.07, 6.45) is 1.85. The smallest absolute Gasteiger partial charge is 0.255 e. The number of benzene rings is 3. The first kappa shape index (κ1) is 25.4. The van der Waals surface area contributed by atoms with Crippen molar-refractivity contribution in [2.24, 2.45) is 0 Å². The number of aryl methyl sites for hydroxylation is 1. The number of hydrogen-bond acceptors (Lipinski definition) is 4. The van der Waals surface area contributed by atoms with E-state index in [1.165, 1.54) is 6.07 Å². The number of aromatic amines is 1. The van der Waals surface area contributed by atoms with Crippen LogP contribution >= 0.6 is 27.5 Å². The Bertz CT molecular complexity index is 1410. The molecule has 0 bridgehead atoms. The third-order valence-corrected chi connectivity index (χ3v) is 7.17. The van der Waals surface area contributed by atoms with E-state index < -0.39 is 5.82 Å². The van der Waals surface area contributed by atoms with Crippen LogP contribution in [0, 0.1) is 12.7 Å². The first-order valence-corrected chi connectivity index (χ1v) is 13.1. The Morgan fingerprint density at radius 1 is 1.11 bits per heavy atom. The summed E-state index contributed by atoms with van der Waals surface area (Å²) in [4.78, 5) is 20.7. The summed E-state index contributed by atoms with van der Waals surface area (Å²) in [6.45, 7) is 3.50. The van der Waals surface area contributed by atoms with E-state index in [0.29, 0.717) is 27.7 Å². The molecule has 1 aliphatic rings. The molecule has 3 N–H and O–H groups in total. The highest BCUT2D eigenvalue weighted by atomic mass is 79.9. The fourth-order valence-corrected chi connectivity index (χ4v) is 5.07. The number of rotatable bonds is 6. The second-order valence-electron chi connectivity index (χ2n) is 8.96. The standard InChI is InChI=1S/C28H25BrClFN4O2/c1-16-5-10-22(23(15-16)32-19-11-13-37-14-12-19)33-28(36)18-8-6-17(7-9-18)25-26(29)35-27(34-25)24-20(30)3-2-4-21(24)31/h2-10,15,19,32H,11-14H2,1H3,(H,33,36)(H,34,35). The quantitative estimate of drug-likeness (QED) is 0.220. The molecule has 0 radical (unpaired) electrons. The molecule has 1 aromatic heterocycles. The molecule has 190 valence electrons. The van der Waals surface area contributed by atoms with Gasteiger partial charge in [-0.25, -0.2) is 9.37 Å². The number of imidazole rings is 1. The van der Waals surface area contributed by atoms with Crippen molar-refractivity contribution < 1.29 is 13.9 Å². The fourth-order valence-electron chi connectivity index (χ4n) is 4.31. The Labute approximate surface area is 227 Å². The van der Waals surface area contributed by atoms with Gasteiger partial charge in [0.05, 0.1) is 22.0 Å². The molecule has 0 atom stereocenters. The lowest BCUT2D eigenvalue weighted by Gasteiger charge is -2.25. The van der Waals surface area contributed by atoms with Crippen molar-refractivity contribution in [2.75, 3.05) is 23.8 Å². The van der Waals surface area contributed by atoms with Crippen molar-refractivity contribution in [1.29, 1.82) is 0 Å². The van der Waals surface area contributed by atoms with Crippen molar-refractivity contribution in [1.82, 2.24) is 9.97 Å². The largest absolute Gasteiger partial charge is 0.381 e. The van der Waals surface area contributed by atoms with Crippen molar-refractivity contribution in [3.63, 3.8) is 0 Å². The van der Waals surface area contributed by atoms with Gasteiger partial charge < -0.3 is 20.4 Å². The molecule has 37 heavy (non-hydrogen) atoms. The highest BCUT2D eigenvalue weighted by Crippen LogP contribution is 2.34. The zero-order chi connectivity index (χ0) is 25.9. The second kappa shape index (κ2) is 11.0. The molecule has 1 saturated heterocycles. The maximum atomic E-state index is 14.4. The summed E-state index contributed by atoms with van der Waals surface area (Å²) in [7, 11) is 0. The van der Waals surface area contributed by atoms with Gasteiger partial charge in [-0.05, 0) is 77.7 Å². The molecular weight excluding hydrogens is 559 g/mol. The molecular formula is C28H25BrClFN4O2. The van der Waals surface area contributed by atoms with Crippen LogP contribution in [0.1, 0.15) is 28.8 Å². The number of aromatic nitrogens is 2. The summed E-state index contributed by atoms with van der Waals surface area (Å²) in [5.41, 5.74) is 4.79. The summed E-state index contributed by atoms with van der Waals surface area (Å²) in [5.74, 6) is -0.366. The number of nitrogens with zero attached hydrogens (tertiary/aromatic N) is 1. The monoisotopic (exact) mass is 582 g/mol. The molecule has 0 aliphatic carbocycles. The number of ether oxygens (including phenoxy) is 1. The third-order valence-electron chi connectivity index (χ3n) is 6.28. The van der Waals surface area contributed by atoms with Gasteiger partial charge >= 0.3 is 0 Å². The first-order valence-electron chi connectivity index (χ1n) is 12.0. The van der Waals surface area contributed by atoms with Gasteiger partial charge in [0.2, 0.25) is 0 Å². The van der Waals surface area contributed by atoms with E-state index in [2.05, 4.69) is 36.5 Å². The average molecular weight is 584 g/mol. The van der Waals surface area contributed by atoms with E-state index in [9.17, 15) is 9.18 Å². The van der Waals surface area contributed by atoms with E-state index >= 15 is 0 Å². The fraction of sp³-hybridized carbons (Fsp3) is 0.214. The summed E-state index contributed by atoms with van der Waals surface area (Å²) < 4.78 is 20.4. The number of hydrogen-bond donors (Lipinski definition) is 3. The van der Waals surface area contributed by atoms with Crippen LogP contribution in [0.25, 0.3) is 22.6 Å². The van der Waals surface area contributed by atoms with Crippen LogP contribution in [0.5, 0.6) is 0 Å². The number of nitrogens with one attached hydrogen (secondary N) is 3. The first-order chi connectivity index (χ1) is 17.9. The maximum Gasteiger partial charge on any atom is 0.255 e. The van der Waals surface area contributed by atoms with Crippen LogP contribution in [0.2, 0.25) is 5.02 Å². The number of amides is 1. The molecule has 2 heterocycles. The molecule has 1 aliphatic heterocycles. The molecule has 6 nitrogen and oxygen atoms in total. The van der Waals surface area contributed by atoms with Gasteiger partial charge in [0.25, 0.3) is 5.91 Å². The van der Waals surface area contributed by atoms with Gasteiger partial charge in [-0.15, -0.1) is 0 Å². The molecule has 0 spiro atoms.